The Bertz CT molecular complexity index is 2370. The molecule has 0 spiro atoms. The van der Waals surface area contributed by atoms with Crippen molar-refractivity contribution in [3.63, 3.8) is 0 Å². The molecule has 0 N–H and O–H groups in total. The summed E-state index contributed by atoms with van der Waals surface area (Å²) in [6.07, 6.45) is 8.81. The van der Waals surface area contributed by atoms with E-state index in [-0.39, 0.29) is 20.4 Å². The normalized spacial score (nSPS) is 11.3. The van der Waals surface area contributed by atoms with E-state index in [9.17, 15) is 0 Å². The molecule has 3 heterocycles. The Labute approximate surface area is 328 Å². The summed E-state index contributed by atoms with van der Waals surface area (Å²) in [5.74, 6) is 2.10. The Balaban J connectivity index is 0.00000481. The van der Waals surface area contributed by atoms with Gasteiger partial charge in [-0.1, -0.05) is 70.7 Å². The molecule has 6 nitrogen and oxygen atoms in total. The van der Waals surface area contributed by atoms with Crippen LogP contribution in [0.1, 0.15) is 75.0 Å². The zero-order chi connectivity index (χ0) is 36.4. The molecule has 0 bridgehead atoms. The number of ether oxygens (including phenoxy) is 1. The van der Waals surface area contributed by atoms with Gasteiger partial charge in [-0.2, -0.15) is 17.2 Å². The van der Waals surface area contributed by atoms with Crippen LogP contribution in [0.5, 0.6) is 11.5 Å². The van der Waals surface area contributed by atoms with Crippen molar-refractivity contribution in [3.8, 4) is 34.1 Å². The van der Waals surface area contributed by atoms with Crippen LogP contribution in [0.4, 0.5) is 5.69 Å². The summed E-state index contributed by atoms with van der Waals surface area (Å²) in [6, 6.07) is 34.7. The maximum atomic E-state index is 6.56. The number of hydrogen-bond acceptors (Lipinski definition) is 4. The average Bonchev–Trinajstić information content (AvgIpc) is 3.66. The van der Waals surface area contributed by atoms with E-state index in [4.69, 9.17) is 14.8 Å². The van der Waals surface area contributed by atoms with Gasteiger partial charge in [-0.25, -0.2) is 4.98 Å². The van der Waals surface area contributed by atoms with E-state index in [1.807, 2.05) is 30.5 Å². The van der Waals surface area contributed by atoms with Crippen LogP contribution in [0.2, 0.25) is 0 Å². The molecule has 0 saturated heterocycles. The summed E-state index contributed by atoms with van der Waals surface area (Å²) in [5, 5.41) is 7.63. The van der Waals surface area contributed by atoms with Crippen molar-refractivity contribution in [1.29, 1.82) is 0 Å². The molecule has 0 amide bonds. The molecule has 0 aliphatic rings. The Morgan fingerprint density at radius 1 is 0.736 bits per heavy atom. The van der Waals surface area contributed by atoms with Gasteiger partial charge in [0.2, 0.25) is 0 Å². The van der Waals surface area contributed by atoms with Crippen LogP contribution in [0.15, 0.2) is 85.1 Å². The minimum Gasteiger partial charge on any atom is -0.509 e. The Morgan fingerprint density at radius 3 is 2.23 bits per heavy atom. The van der Waals surface area contributed by atoms with E-state index >= 15 is 0 Å². The number of nitrogens with zero attached hydrogens (tertiary/aromatic N) is 5. The zero-order valence-electron chi connectivity index (χ0n) is 32.0. The minimum absolute atomic E-state index is 0. The van der Waals surface area contributed by atoms with Crippen LogP contribution >= 0.6 is 0 Å². The second-order valence-corrected chi connectivity index (χ2v) is 13.9. The Kier molecular flexibility index (Phi) is 11.9. The van der Waals surface area contributed by atoms with E-state index in [0.29, 0.717) is 11.5 Å². The second-order valence-electron chi connectivity index (χ2n) is 13.9. The SMILES string of the molecule is CCCc1cc(N(C)C)cc(CC)c1-c1c(CCC)nn(-c2[c-]c(Oc3[c-]c4c(cc3)c3ccccc3n4-c3cc(C)ccn3)ccc2)c1CCC.[Pd+2]. The fraction of sp³-hybridized carbons (Fsp3) is 0.304. The molecule has 0 aliphatic heterocycles. The van der Waals surface area contributed by atoms with Crippen molar-refractivity contribution in [2.75, 3.05) is 19.0 Å². The number of aryl methyl sites for hydroxylation is 4. The van der Waals surface area contributed by atoms with Crippen molar-refractivity contribution in [2.24, 2.45) is 0 Å². The van der Waals surface area contributed by atoms with Crippen LogP contribution < -0.4 is 9.64 Å². The van der Waals surface area contributed by atoms with Gasteiger partial charge < -0.3 is 14.2 Å². The molecule has 274 valence electrons. The number of benzene rings is 4. The fourth-order valence-corrected chi connectivity index (χ4v) is 7.50. The molecule has 0 unspecified atom stereocenters. The van der Waals surface area contributed by atoms with Gasteiger partial charge in [0.05, 0.1) is 5.69 Å². The van der Waals surface area contributed by atoms with E-state index in [1.54, 1.807) is 0 Å². The molecule has 4 aromatic carbocycles. The maximum absolute atomic E-state index is 6.56. The molecule has 53 heavy (non-hydrogen) atoms. The maximum Gasteiger partial charge on any atom is 2.00 e. The van der Waals surface area contributed by atoms with Gasteiger partial charge in [0.25, 0.3) is 0 Å². The summed E-state index contributed by atoms with van der Waals surface area (Å²) in [6.45, 7) is 11.1. The number of fused-ring (bicyclic) bond motifs is 3. The summed E-state index contributed by atoms with van der Waals surface area (Å²) in [7, 11) is 4.27. The van der Waals surface area contributed by atoms with Gasteiger partial charge in [0.15, 0.2) is 0 Å². The zero-order valence-corrected chi connectivity index (χ0v) is 33.5. The largest absolute Gasteiger partial charge is 2.00 e. The van der Waals surface area contributed by atoms with Crippen molar-refractivity contribution >= 4 is 27.5 Å². The summed E-state index contributed by atoms with van der Waals surface area (Å²) < 4.78 is 10.9. The van der Waals surface area contributed by atoms with E-state index < -0.39 is 0 Å². The predicted molar refractivity (Wildman–Crippen MR) is 216 cm³/mol. The molecule has 7 heteroatoms. The van der Waals surface area contributed by atoms with Crippen LogP contribution in [0.3, 0.4) is 0 Å². The minimum atomic E-state index is 0. The fourth-order valence-electron chi connectivity index (χ4n) is 7.50. The molecule has 0 saturated carbocycles. The first-order chi connectivity index (χ1) is 25.3. The van der Waals surface area contributed by atoms with Crippen molar-refractivity contribution in [3.05, 3.63) is 125 Å². The third kappa shape index (κ3) is 7.43. The molecule has 3 aromatic heterocycles. The van der Waals surface area contributed by atoms with Crippen LogP contribution in [0, 0.1) is 19.1 Å². The van der Waals surface area contributed by atoms with Gasteiger partial charge in [-0.15, -0.1) is 35.7 Å². The number of para-hydroxylation sites is 1. The summed E-state index contributed by atoms with van der Waals surface area (Å²) >= 11 is 0. The van der Waals surface area contributed by atoms with Gasteiger partial charge in [-0.3, -0.25) is 4.68 Å². The first-order valence-electron chi connectivity index (χ1n) is 18.9. The monoisotopic (exact) mass is 793 g/mol. The summed E-state index contributed by atoms with van der Waals surface area (Å²) in [4.78, 5) is 6.95. The molecular weight excluding hydrogens is 745 g/mol. The van der Waals surface area contributed by atoms with Crippen molar-refractivity contribution < 1.29 is 25.2 Å². The van der Waals surface area contributed by atoms with E-state index in [0.717, 1.165) is 89.5 Å². The van der Waals surface area contributed by atoms with Crippen molar-refractivity contribution in [2.45, 2.75) is 79.6 Å². The number of hydrogen-bond donors (Lipinski definition) is 0. The average molecular weight is 794 g/mol. The van der Waals surface area contributed by atoms with Gasteiger partial charge in [0.1, 0.15) is 5.82 Å². The van der Waals surface area contributed by atoms with Crippen LogP contribution in [0.25, 0.3) is 44.4 Å². The Hall–Kier alpha value is -4.70. The molecule has 0 aliphatic carbocycles. The van der Waals surface area contributed by atoms with Gasteiger partial charge >= 0.3 is 20.4 Å². The van der Waals surface area contributed by atoms with Crippen molar-refractivity contribution in [1.82, 2.24) is 19.3 Å². The Morgan fingerprint density at radius 2 is 1.49 bits per heavy atom. The number of pyridine rings is 1. The molecule has 0 fully saturated rings. The van der Waals surface area contributed by atoms with E-state index in [2.05, 4.69) is 130 Å². The first-order valence-corrected chi connectivity index (χ1v) is 18.9. The number of aromatic nitrogens is 4. The van der Waals surface area contributed by atoms with Gasteiger partial charge in [-0.05, 0) is 96.3 Å². The molecule has 7 aromatic rings. The third-order valence-corrected chi connectivity index (χ3v) is 9.87. The standard InChI is InChI=1S/C46H49N5O.Pd/c1-8-15-33-28-35(49(6)7)27-32(11-4)45(33)46-40(16-9-2)48-51(42(46)17-10-3)34-18-14-19-36(29-34)52-37-22-23-39-38-20-12-13-21-41(38)50(43(39)30-37)44-26-31(5)24-25-47-44;/h12-14,18-28H,8-11,15-17H2,1-7H3;/q-2;+2. The predicted octanol–water partition coefficient (Wildman–Crippen LogP) is 11.2. The second kappa shape index (κ2) is 16.5. The molecule has 0 atom stereocenters. The summed E-state index contributed by atoms with van der Waals surface area (Å²) in [5.41, 5.74) is 13.2. The number of rotatable bonds is 13. The topological polar surface area (TPSA) is 48.1 Å². The smallest absolute Gasteiger partial charge is 0.509 e. The van der Waals surface area contributed by atoms with Crippen LogP contribution in [-0.2, 0) is 46.1 Å². The molecule has 7 rings (SSSR count). The molecule has 0 radical (unpaired) electrons. The first kappa shape index (κ1) is 38.0. The molecular formula is C46H49N5OPd. The quantitative estimate of drug-likeness (QED) is 0.0862. The van der Waals surface area contributed by atoms with Crippen LogP contribution in [-0.4, -0.2) is 33.4 Å². The third-order valence-electron chi connectivity index (χ3n) is 9.87. The number of anilines is 1. The van der Waals surface area contributed by atoms with E-state index in [1.165, 1.54) is 33.6 Å². The van der Waals surface area contributed by atoms with Gasteiger partial charge in [0, 0.05) is 54.3 Å².